The fourth-order valence-electron chi connectivity index (χ4n) is 1.76. The van der Waals surface area contributed by atoms with Crippen molar-refractivity contribution in [2.24, 2.45) is 5.73 Å². The standard InChI is InChI=1S/C14H18BrN5/c1-20(12-5-2-4-11(15)8-12)14-9-13(18-10-19-14)17-7-3-6-16/h2,4-5,8-10H,3,6-7,16H2,1H3,(H,17,18,19). The SMILES string of the molecule is CN(c1cccc(Br)c1)c1cc(NCCCN)ncn1. The fourth-order valence-corrected chi connectivity index (χ4v) is 2.15. The van der Waals surface area contributed by atoms with Gasteiger partial charge >= 0.3 is 0 Å². The number of nitrogens with zero attached hydrogens (tertiary/aromatic N) is 3. The Morgan fingerprint density at radius 3 is 2.90 bits per heavy atom. The number of hydrogen-bond donors (Lipinski definition) is 2. The van der Waals surface area contributed by atoms with Gasteiger partial charge in [0.1, 0.15) is 18.0 Å². The molecule has 0 aliphatic heterocycles. The highest BCUT2D eigenvalue weighted by molar-refractivity contribution is 9.10. The van der Waals surface area contributed by atoms with Gasteiger partial charge in [0, 0.05) is 29.8 Å². The van der Waals surface area contributed by atoms with Gasteiger partial charge in [-0.3, -0.25) is 0 Å². The highest BCUT2D eigenvalue weighted by atomic mass is 79.9. The fraction of sp³-hybridized carbons (Fsp3) is 0.286. The van der Waals surface area contributed by atoms with Crippen LogP contribution >= 0.6 is 15.9 Å². The first kappa shape index (κ1) is 14.7. The second kappa shape index (κ2) is 7.21. The molecule has 5 nitrogen and oxygen atoms in total. The van der Waals surface area contributed by atoms with Crippen molar-refractivity contribution in [3.8, 4) is 0 Å². The average molecular weight is 336 g/mol. The Morgan fingerprint density at radius 2 is 2.15 bits per heavy atom. The summed E-state index contributed by atoms with van der Waals surface area (Å²) in [5.74, 6) is 1.65. The quantitative estimate of drug-likeness (QED) is 0.794. The Kier molecular flexibility index (Phi) is 5.31. The van der Waals surface area contributed by atoms with Crippen LogP contribution in [0.15, 0.2) is 41.1 Å². The molecule has 106 valence electrons. The van der Waals surface area contributed by atoms with Crippen molar-refractivity contribution < 1.29 is 0 Å². The van der Waals surface area contributed by atoms with E-state index in [0.717, 1.165) is 34.8 Å². The lowest BCUT2D eigenvalue weighted by molar-refractivity contribution is 0.868. The number of nitrogens with two attached hydrogens (primary N) is 1. The number of hydrogen-bond acceptors (Lipinski definition) is 5. The summed E-state index contributed by atoms with van der Waals surface area (Å²) < 4.78 is 1.04. The van der Waals surface area contributed by atoms with Crippen LogP contribution in [0.4, 0.5) is 17.3 Å². The van der Waals surface area contributed by atoms with Crippen molar-refractivity contribution >= 4 is 33.3 Å². The van der Waals surface area contributed by atoms with Crippen LogP contribution in [0.2, 0.25) is 0 Å². The van der Waals surface area contributed by atoms with Crippen LogP contribution in [0.25, 0.3) is 0 Å². The zero-order valence-electron chi connectivity index (χ0n) is 11.4. The van der Waals surface area contributed by atoms with Crippen molar-refractivity contribution in [1.82, 2.24) is 9.97 Å². The Labute approximate surface area is 127 Å². The monoisotopic (exact) mass is 335 g/mol. The zero-order chi connectivity index (χ0) is 14.4. The number of rotatable bonds is 6. The summed E-state index contributed by atoms with van der Waals surface area (Å²) in [7, 11) is 1.98. The van der Waals surface area contributed by atoms with Crippen LogP contribution in [0.5, 0.6) is 0 Å². The Morgan fingerprint density at radius 1 is 1.30 bits per heavy atom. The minimum absolute atomic E-state index is 0.670. The van der Waals surface area contributed by atoms with Crippen LogP contribution in [0.3, 0.4) is 0 Å². The van der Waals surface area contributed by atoms with Gasteiger partial charge in [0.25, 0.3) is 0 Å². The Balaban J connectivity index is 2.13. The van der Waals surface area contributed by atoms with Gasteiger partial charge in [0.2, 0.25) is 0 Å². The van der Waals surface area contributed by atoms with Gasteiger partial charge in [-0.15, -0.1) is 0 Å². The maximum absolute atomic E-state index is 5.48. The molecule has 3 N–H and O–H groups in total. The van der Waals surface area contributed by atoms with Crippen LogP contribution < -0.4 is 16.0 Å². The van der Waals surface area contributed by atoms with E-state index in [4.69, 9.17) is 5.73 Å². The number of halogens is 1. The van der Waals surface area contributed by atoms with Gasteiger partial charge in [0.15, 0.2) is 0 Å². The molecule has 0 spiro atoms. The summed E-state index contributed by atoms with van der Waals surface area (Å²) >= 11 is 3.48. The summed E-state index contributed by atoms with van der Waals surface area (Å²) in [4.78, 5) is 10.5. The minimum atomic E-state index is 0.670. The highest BCUT2D eigenvalue weighted by Crippen LogP contribution is 2.25. The maximum atomic E-state index is 5.48. The van der Waals surface area contributed by atoms with Crippen LogP contribution in [0, 0.1) is 0 Å². The smallest absolute Gasteiger partial charge is 0.138 e. The zero-order valence-corrected chi connectivity index (χ0v) is 13.0. The van der Waals surface area contributed by atoms with Gasteiger partial charge in [-0.05, 0) is 31.2 Å². The molecule has 0 saturated heterocycles. The van der Waals surface area contributed by atoms with Crippen molar-refractivity contribution in [2.75, 3.05) is 30.4 Å². The van der Waals surface area contributed by atoms with Crippen LogP contribution in [-0.2, 0) is 0 Å². The predicted octanol–water partition coefficient (Wildman–Crippen LogP) is 2.77. The van der Waals surface area contributed by atoms with E-state index in [9.17, 15) is 0 Å². The lowest BCUT2D eigenvalue weighted by Gasteiger charge is -2.19. The molecule has 0 radical (unpaired) electrons. The Bertz CT molecular complexity index is 561. The van der Waals surface area contributed by atoms with E-state index >= 15 is 0 Å². The first-order chi connectivity index (χ1) is 9.70. The first-order valence-electron chi connectivity index (χ1n) is 6.46. The van der Waals surface area contributed by atoms with E-state index < -0.39 is 0 Å². The van der Waals surface area contributed by atoms with Crippen molar-refractivity contribution in [1.29, 1.82) is 0 Å². The molecule has 0 atom stereocenters. The molecule has 2 rings (SSSR count). The average Bonchev–Trinajstić information content (AvgIpc) is 2.47. The molecule has 1 aromatic heterocycles. The molecular weight excluding hydrogens is 318 g/mol. The topological polar surface area (TPSA) is 67.1 Å². The van der Waals surface area contributed by atoms with Crippen LogP contribution in [0.1, 0.15) is 6.42 Å². The number of benzene rings is 1. The molecule has 0 unspecified atom stereocenters. The summed E-state index contributed by atoms with van der Waals surface area (Å²) in [6.45, 7) is 1.48. The van der Waals surface area contributed by atoms with Gasteiger partial charge < -0.3 is 16.0 Å². The summed E-state index contributed by atoms with van der Waals surface area (Å²) in [6.07, 6.45) is 2.48. The maximum Gasteiger partial charge on any atom is 0.138 e. The van der Waals surface area contributed by atoms with E-state index in [1.165, 1.54) is 0 Å². The molecule has 0 amide bonds. The molecule has 0 fully saturated rings. The summed E-state index contributed by atoms with van der Waals surface area (Å²) in [6, 6.07) is 10.0. The molecule has 20 heavy (non-hydrogen) atoms. The highest BCUT2D eigenvalue weighted by Gasteiger charge is 2.07. The number of anilines is 3. The largest absolute Gasteiger partial charge is 0.370 e. The summed E-state index contributed by atoms with van der Waals surface area (Å²) in [5, 5.41) is 3.24. The van der Waals surface area contributed by atoms with Crippen LogP contribution in [-0.4, -0.2) is 30.1 Å². The van der Waals surface area contributed by atoms with Gasteiger partial charge in [0.05, 0.1) is 0 Å². The first-order valence-corrected chi connectivity index (χ1v) is 7.25. The van der Waals surface area contributed by atoms with Crippen molar-refractivity contribution in [2.45, 2.75) is 6.42 Å². The van der Waals surface area contributed by atoms with E-state index in [2.05, 4.69) is 31.2 Å². The van der Waals surface area contributed by atoms with E-state index in [1.54, 1.807) is 6.33 Å². The van der Waals surface area contributed by atoms with Gasteiger partial charge in [-0.25, -0.2) is 9.97 Å². The lowest BCUT2D eigenvalue weighted by Crippen LogP contribution is -2.13. The third-order valence-corrected chi connectivity index (χ3v) is 3.37. The molecule has 0 aliphatic carbocycles. The second-order valence-corrected chi connectivity index (χ2v) is 5.29. The summed E-state index contributed by atoms with van der Waals surface area (Å²) in [5.41, 5.74) is 6.54. The second-order valence-electron chi connectivity index (χ2n) is 4.37. The Hall–Kier alpha value is -1.66. The third-order valence-electron chi connectivity index (χ3n) is 2.88. The molecule has 0 aliphatic rings. The molecule has 2 aromatic rings. The van der Waals surface area contributed by atoms with E-state index in [-0.39, 0.29) is 0 Å². The number of aromatic nitrogens is 2. The van der Waals surface area contributed by atoms with Crippen molar-refractivity contribution in [3.63, 3.8) is 0 Å². The molecule has 0 saturated carbocycles. The molecular formula is C14H18BrN5. The third kappa shape index (κ3) is 3.91. The number of nitrogens with one attached hydrogen (secondary N) is 1. The molecule has 6 heteroatoms. The van der Waals surface area contributed by atoms with Crippen molar-refractivity contribution in [3.05, 3.63) is 41.1 Å². The lowest BCUT2D eigenvalue weighted by atomic mass is 10.3. The molecule has 1 aromatic carbocycles. The van der Waals surface area contributed by atoms with E-state index in [1.807, 2.05) is 42.3 Å². The minimum Gasteiger partial charge on any atom is -0.370 e. The predicted molar refractivity (Wildman–Crippen MR) is 86.4 cm³/mol. The molecule has 0 bridgehead atoms. The van der Waals surface area contributed by atoms with Gasteiger partial charge in [-0.2, -0.15) is 0 Å². The normalized spacial score (nSPS) is 10.3. The van der Waals surface area contributed by atoms with Gasteiger partial charge in [-0.1, -0.05) is 22.0 Å². The van der Waals surface area contributed by atoms with E-state index in [0.29, 0.717) is 6.54 Å². The molecule has 1 heterocycles.